The molecule has 1 aliphatic rings. The lowest BCUT2D eigenvalue weighted by Gasteiger charge is -2.30. The van der Waals surface area contributed by atoms with Crippen molar-refractivity contribution in [3.63, 3.8) is 0 Å². The fraction of sp³-hybridized carbons (Fsp3) is 0.333. The molecule has 1 saturated heterocycles. The number of hydrogen-bond donors (Lipinski definition) is 2. The molecule has 0 aliphatic carbocycles. The number of aromatic nitrogens is 3. The van der Waals surface area contributed by atoms with Gasteiger partial charge in [-0.05, 0) is 32.5 Å². The van der Waals surface area contributed by atoms with Crippen LogP contribution in [0.4, 0.5) is 5.95 Å². The summed E-state index contributed by atoms with van der Waals surface area (Å²) in [6.45, 7) is 2.16. The molecular formula is C18H20ClN5. The van der Waals surface area contributed by atoms with Gasteiger partial charge in [0.2, 0.25) is 5.95 Å². The second-order valence-corrected chi connectivity index (χ2v) is 6.79. The summed E-state index contributed by atoms with van der Waals surface area (Å²) in [4.78, 5) is 14.7. The Balaban J connectivity index is 1.66. The Morgan fingerprint density at radius 1 is 1.33 bits per heavy atom. The van der Waals surface area contributed by atoms with E-state index in [4.69, 9.17) is 16.6 Å². The fourth-order valence-electron chi connectivity index (χ4n) is 3.36. The first kappa shape index (κ1) is 15.4. The molecule has 1 aliphatic heterocycles. The molecule has 0 spiro atoms. The molecule has 0 radical (unpaired) electrons. The number of likely N-dealkylation sites (tertiary alicyclic amines) is 1. The number of anilines is 1. The molecule has 24 heavy (non-hydrogen) atoms. The number of para-hydroxylation sites is 1. The number of H-pyrrole nitrogens is 1. The minimum absolute atomic E-state index is 0.376. The Kier molecular flexibility index (Phi) is 4.12. The average Bonchev–Trinajstić information content (AvgIpc) is 3.01. The monoisotopic (exact) mass is 341 g/mol. The van der Waals surface area contributed by atoms with Crippen molar-refractivity contribution in [1.29, 1.82) is 0 Å². The van der Waals surface area contributed by atoms with Gasteiger partial charge in [-0.2, -0.15) is 0 Å². The second kappa shape index (κ2) is 6.42. The van der Waals surface area contributed by atoms with Crippen LogP contribution in [0.15, 0.2) is 36.7 Å². The van der Waals surface area contributed by atoms with Gasteiger partial charge < -0.3 is 15.2 Å². The number of rotatable bonds is 3. The standard InChI is InChI=1S/C18H20ClN5/c1-24-8-4-5-12(11-24)22-18-21-10-15(19)17(23-18)14-9-20-16-7-3-2-6-13(14)16/h2-3,6-7,9-10,12,20H,4-5,8,11H2,1H3,(H,21,22,23)/t12-/m0/s1. The van der Waals surface area contributed by atoms with Crippen molar-refractivity contribution < 1.29 is 0 Å². The quantitative estimate of drug-likeness (QED) is 0.761. The first-order valence-corrected chi connectivity index (χ1v) is 8.62. The molecule has 1 atom stereocenters. The summed E-state index contributed by atoms with van der Waals surface area (Å²) in [6.07, 6.45) is 5.97. The zero-order valence-electron chi connectivity index (χ0n) is 13.6. The Morgan fingerprint density at radius 2 is 2.21 bits per heavy atom. The largest absolute Gasteiger partial charge is 0.360 e. The van der Waals surface area contributed by atoms with Crippen molar-refractivity contribution in [2.45, 2.75) is 18.9 Å². The molecule has 0 saturated carbocycles. The summed E-state index contributed by atoms with van der Waals surface area (Å²) in [6, 6.07) is 8.52. The number of nitrogens with one attached hydrogen (secondary N) is 2. The van der Waals surface area contributed by atoms with Crippen LogP contribution in [0.2, 0.25) is 5.02 Å². The summed E-state index contributed by atoms with van der Waals surface area (Å²) in [5.41, 5.74) is 2.84. The number of aromatic amines is 1. The molecule has 3 heterocycles. The minimum Gasteiger partial charge on any atom is -0.360 e. The Hall–Kier alpha value is -2.11. The summed E-state index contributed by atoms with van der Waals surface area (Å²) < 4.78 is 0. The number of piperidine rings is 1. The van der Waals surface area contributed by atoms with E-state index in [1.165, 1.54) is 6.42 Å². The van der Waals surface area contributed by atoms with Crippen molar-refractivity contribution in [1.82, 2.24) is 19.9 Å². The highest BCUT2D eigenvalue weighted by molar-refractivity contribution is 6.33. The molecule has 124 valence electrons. The maximum Gasteiger partial charge on any atom is 0.223 e. The normalized spacial score (nSPS) is 18.8. The molecule has 0 unspecified atom stereocenters. The van der Waals surface area contributed by atoms with Crippen molar-refractivity contribution >= 4 is 28.5 Å². The van der Waals surface area contributed by atoms with Gasteiger partial charge in [0.25, 0.3) is 0 Å². The smallest absolute Gasteiger partial charge is 0.223 e. The molecule has 2 aromatic heterocycles. The maximum atomic E-state index is 6.38. The Morgan fingerprint density at radius 3 is 3.08 bits per heavy atom. The number of fused-ring (bicyclic) bond motifs is 1. The van der Waals surface area contributed by atoms with Gasteiger partial charge in [-0.3, -0.25) is 0 Å². The van der Waals surface area contributed by atoms with Gasteiger partial charge in [0.05, 0.1) is 16.9 Å². The summed E-state index contributed by atoms with van der Waals surface area (Å²) in [7, 11) is 2.15. The molecule has 0 amide bonds. The van der Waals surface area contributed by atoms with E-state index >= 15 is 0 Å². The maximum absolute atomic E-state index is 6.38. The van der Waals surface area contributed by atoms with Crippen LogP contribution in [-0.2, 0) is 0 Å². The fourth-order valence-corrected chi connectivity index (χ4v) is 3.55. The van der Waals surface area contributed by atoms with Gasteiger partial charge in [-0.15, -0.1) is 0 Å². The zero-order chi connectivity index (χ0) is 16.5. The third-order valence-electron chi connectivity index (χ3n) is 4.55. The summed E-state index contributed by atoms with van der Waals surface area (Å²) in [5.74, 6) is 0.639. The third kappa shape index (κ3) is 2.97. The van der Waals surface area contributed by atoms with Crippen molar-refractivity contribution in [3.8, 4) is 11.3 Å². The predicted octanol–water partition coefficient (Wildman–Crippen LogP) is 3.78. The van der Waals surface area contributed by atoms with Gasteiger partial charge in [0.1, 0.15) is 0 Å². The molecule has 0 bridgehead atoms. The summed E-state index contributed by atoms with van der Waals surface area (Å²) >= 11 is 6.38. The molecule has 6 heteroatoms. The van der Waals surface area contributed by atoms with Gasteiger partial charge in [-0.1, -0.05) is 29.8 Å². The van der Waals surface area contributed by atoms with E-state index in [1.54, 1.807) is 6.20 Å². The lowest BCUT2D eigenvalue weighted by atomic mass is 10.1. The van der Waals surface area contributed by atoms with Crippen LogP contribution in [0.1, 0.15) is 12.8 Å². The Bertz CT molecular complexity index is 859. The van der Waals surface area contributed by atoms with Gasteiger partial charge >= 0.3 is 0 Å². The Labute approximate surface area is 146 Å². The van der Waals surface area contributed by atoms with Crippen LogP contribution in [-0.4, -0.2) is 46.0 Å². The van der Waals surface area contributed by atoms with Crippen molar-refractivity contribution in [2.24, 2.45) is 0 Å². The van der Waals surface area contributed by atoms with E-state index in [0.717, 1.165) is 41.7 Å². The van der Waals surface area contributed by atoms with Crippen LogP contribution in [0, 0.1) is 0 Å². The van der Waals surface area contributed by atoms with E-state index in [-0.39, 0.29) is 0 Å². The first-order valence-electron chi connectivity index (χ1n) is 8.25. The van der Waals surface area contributed by atoms with Crippen LogP contribution < -0.4 is 5.32 Å². The molecular weight excluding hydrogens is 322 g/mol. The number of nitrogens with zero attached hydrogens (tertiary/aromatic N) is 3. The van der Waals surface area contributed by atoms with Gasteiger partial charge in [0, 0.05) is 35.2 Å². The van der Waals surface area contributed by atoms with Crippen LogP contribution in [0.3, 0.4) is 0 Å². The minimum atomic E-state index is 0.376. The van der Waals surface area contributed by atoms with E-state index in [1.807, 2.05) is 24.4 Å². The number of likely N-dealkylation sites (N-methyl/N-ethyl adjacent to an activating group) is 1. The van der Waals surface area contributed by atoms with E-state index in [0.29, 0.717) is 17.0 Å². The highest BCUT2D eigenvalue weighted by atomic mass is 35.5. The lowest BCUT2D eigenvalue weighted by molar-refractivity contribution is 0.260. The van der Waals surface area contributed by atoms with Crippen molar-refractivity contribution in [3.05, 3.63) is 41.7 Å². The van der Waals surface area contributed by atoms with Crippen molar-refractivity contribution in [2.75, 3.05) is 25.5 Å². The van der Waals surface area contributed by atoms with Crippen LogP contribution >= 0.6 is 11.6 Å². The van der Waals surface area contributed by atoms with Gasteiger partial charge in [-0.25, -0.2) is 9.97 Å². The second-order valence-electron chi connectivity index (χ2n) is 6.38. The van der Waals surface area contributed by atoms with E-state index in [9.17, 15) is 0 Å². The van der Waals surface area contributed by atoms with Gasteiger partial charge in [0.15, 0.2) is 0 Å². The molecule has 5 nitrogen and oxygen atoms in total. The SMILES string of the molecule is CN1CCC[C@H](Nc2ncc(Cl)c(-c3c[nH]c4ccccc34)n2)C1. The molecule has 1 fully saturated rings. The number of benzene rings is 1. The first-order chi connectivity index (χ1) is 11.7. The molecule has 1 aromatic carbocycles. The highest BCUT2D eigenvalue weighted by Crippen LogP contribution is 2.32. The van der Waals surface area contributed by atoms with Crippen LogP contribution in [0.5, 0.6) is 0 Å². The lowest BCUT2D eigenvalue weighted by Crippen LogP contribution is -2.40. The van der Waals surface area contributed by atoms with Crippen LogP contribution in [0.25, 0.3) is 22.2 Å². The van der Waals surface area contributed by atoms with E-state index in [2.05, 4.69) is 33.3 Å². The number of hydrogen-bond acceptors (Lipinski definition) is 4. The van der Waals surface area contributed by atoms with E-state index < -0.39 is 0 Å². The highest BCUT2D eigenvalue weighted by Gasteiger charge is 2.19. The summed E-state index contributed by atoms with van der Waals surface area (Å²) in [5, 5.41) is 5.13. The molecule has 4 rings (SSSR count). The molecule has 3 aromatic rings. The predicted molar refractivity (Wildman–Crippen MR) is 98.5 cm³/mol. The third-order valence-corrected chi connectivity index (χ3v) is 4.82. The number of halogens is 1. The topological polar surface area (TPSA) is 56.8 Å². The molecule has 2 N–H and O–H groups in total. The average molecular weight is 342 g/mol. The zero-order valence-corrected chi connectivity index (χ0v) is 14.3.